The average Bonchev–Trinajstić information content (AvgIpc) is 2.18. The third kappa shape index (κ3) is 9.17. The van der Waals surface area contributed by atoms with E-state index < -0.39 is 12.6 Å². The van der Waals surface area contributed by atoms with Gasteiger partial charge in [-0.1, -0.05) is 0 Å². The number of ether oxygens (including phenoxy) is 3. The van der Waals surface area contributed by atoms with Crippen LogP contribution >= 0.6 is 0 Å². The molecule has 0 aromatic carbocycles. The lowest BCUT2D eigenvalue weighted by molar-refractivity contribution is -0.230. The van der Waals surface area contributed by atoms with Gasteiger partial charge in [-0.15, -0.1) is 0 Å². The van der Waals surface area contributed by atoms with Crippen molar-refractivity contribution in [1.29, 1.82) is 10.5 Å². The normalized spacial score (nSPS) is 13.9. The van der Waals surface area contributed by atoms with Gasteiger partial charge in [0.05, 0.1) is 38.2 Å². The van der Waals surface area contributed by atoms with Crippen molar-refractivity contribution in [3.8, 4) is 12.1 Å². The van der Waals surface area contributed by atoms with Crippen LogP contribution in [0.5, 0.6) is 0 Å². The molecule has 5 heteroatoms. The molecule has 84 valence electrons. The summed E-state index contributed by atoms with van der Waals surface area (Å²) >= 11 is 0. The molecule has 5 nitrogen and oxygen atoms in total. The molecule has 0 saturated carbocycles. The predicted molar refractivity (Wildman–Crippen MR) is 52.4 cm³/mol. The van der Waals surface area contributed by atoms with Crippen molar-refractivity contribution in [2.45, 2.75) is 39.3 Å². The molecule has 2 unspecified atom stereocenters. The third-order valence-electron chi connectivity index (χ3n) is 1.52. The van der Waals surface area contributed by atoms with Gasteiger partial charge in [-0.05, 0) is 13.8 Å². The molecule has 0 radical (unpaired) electrons. The SMILES string of the molecule is CC(OCCC#N)OC(C)OCCC#N. The van der Waals surface area contributed by atoms with Crippen LogP contribution < -0.4 is 0 Å². The molecule has 15 heavy (non-hydrogen) atoms. The Morgan fingerprint density at radius 2 is 1.33 bits per heavy atom. The fraction of sp³-hybridized carbons (Fsp3) is 0.800. The quantitative estimate of drug-likeness (QED) is 0.450. The summed E-state index contributed by atoms with van der Waals surface area (Å²) in [6, 6.07) is 3.94. The molecule has 0 aromatic heterocycles. The zero-order valence-electron chi connectivity index (χ0n) is 9.10. The molecule has 0 N–H and O–H groups in total. The van der Waals surface area contributed by atoms with Crippen molar-refractivity contribution in [2.75, 3.05) is 13.2 Å². The van der Waals surface area contributed by atoms with E-state index >= 15 is 0 Å². The van der Waals surface area contributed by atoms with Gasteiger partial charge in [-0.25, -0.2) is 0 Å². The van der Waals surface area contributed by atoms with Crippen molar-refractivity contribution in [3.05, 3.63) is 0 Å². The van der Waals surface area contributed by atoms with E-state index in [9.17, 15) is 0 Å². The highest BCUT2D eigenvalue weighted by atomic mass is 16.8. The Morgan fingerprint density at radius 3 is 1.67 bits per heavy atom. The minimum Gasteiger partial charge on any atom is -0.352 e. The molecule has 0 aliphatic heterocycles. The zero-order chi connectivity index (χ0) is 11.5. The van der Waals surface area contributed by atoms with E-state index in [0.29, 0.717) is 26.1 Å². The van der Waals surface area contributed by atoms with Crippen LogP contribution in [0.15, 0.2) is 0 Å². The number of rotatable bonds is 8. The first-order valence-corrected chi connectivity index (χ1v) is 4.83. The molecule has 0 spiro atoms. The Morgan fingerprint density at radius 1 is 0.933 bits per heavy atom. The van der Waals surface area contributed by atoms with Crippen molar-refractivity contribution >= 4 is 0 Å². The Labute approximate surface area is 90.1 Å². The predicted octanol–water partition coefficient (Wildman–Crippen LogP) is 1.56. The van der Waals surface area contributed by atoms with E-state index in [1.54, 1.807) is 13.8 Å². The van der Waals surface area contributed by atoms with Crippen LogP contribution in [0, 0.1) is 22.7 Å². The minimum atomic E-state index is -0.407. The maximum Gasteiger partial charge on any atom is 0.157 e. The lowest BCUT2D eigenvalue weighted by Gasteiger charge is -2.18. The van der Waals surface area contributed by atoms with Gasteiger partial charge in [-0.2, -0.15) is 10.5 Å². The third-order valence-corrected chi connectivity index (χ3v) is 1.52. The summed E-state index contributed by atoms with van der Waals surface area (Å²) in [5, 5.41) is 16.6. The molecule has 0 heterocycles. The Balaban J connectivity index is 3.45. The molecule has 0 rings (SSSR count). The largest absolute Gasteiger partial charge is 0.352 e. The van der Waals surface area contributed by atoms with Gasteiger partial charge in [0.15, 0.2) is 12.6 Å². The molecule has 0 aromatic rings. The molecule has 2 atom stereocenters. The lowest BCUT2D eigenvalue weighted by atomic mass is 10.5. The Hall–Kier alpha value is -1.14. The number of nitrogens with zero attached hydrogens (tertiary/aromatic N) is 2. The van der Waals surface area contributed by atoms with E-state index in [2.05, 4.69) is 0 Å². The highest BCUT2D eigenvalue weighted by molar-refractivity contribution is 4.67. The second kappa shape index (κ2) is 9.42. The molecule has 0 aliphatic rings. The van der Waals surface area contributed by atoms with E-state index in [-0.39, 0.29) is 0 Å². The molecular formula is C10H16N2O3. The summed E-state index contributed by atoms with van der Waals surface area (Å²) in [5.41, 5.74) is 0. The fourth-order valence-electron chi connectivity index (χ4n) is 0.890. The van der Waals surface area contributed by atoms with Gasteiger partial charge < -0.3 is 14.2 Å². The van der Waals surface area contributed by atoms with Gasteiger partial charge in [0.25, 0.3) is 0 Å². The van der Waals surface area contributed by atoms with Crippen LogP contribution in [0.25, 0.3) is 0 Å². The minimum absolute atomic E-state index is 0.345. The molecule has 0 fully saturated rings. The van der Waals surface area contributed by atoms with Crippen molar-refractivity contribution in [2.24, 2.45) is 0 Å². The highest BCUT2D eigenvalue weighted by Gasteiger charge is 2.08. The number of hydrogen-bond donors (Lipinski definition) is 0. The second-order valence-corrected chi connectivity index (χ2v) is 2.83. The maximum atomic E-state index is 8.28. The van der Waals surface area contributed by atoms with Gasteiger partial charge >= 0.3 is 0 Å². The first kappa shape index (κ1) is 13.9. The Kier molecular flexibility index (Phi) is 8.70. The van der Waals surface area contributed by atoms with E-state index in [0.717, 1.165) is 0 Å². The van der Waals surface area contributed by atoms with E-state index in [1.807, 2.05) is 12.1 Å². The van der Waals surface area contributed by atoms with Crippen LogP contribution in [-0.4, -0.2) is 25.8 Å². The standard InChI is InChI=1S/C10H16N2O3/c1-9(13-7-3-5-11)15-10(2)14-8-4-6-12/h9-10H,3-4,7-8H2,1-2H3. The van der Waals surface area contributed by atoms with Crippen LogP contribution in [-0.2, 0) is 14.2 Å². The summed E-state index contributed by atoms with van der Waals surface area (Å²) < 4.78 is 15.6. The molecule has 0 amide bonds. The van der Waals surface area contributed by atoms with Crippen molar-refractivity contribution < 1.29 is 14.2 Å². The van der Waals surface area contributed by atoms with Crippen molar-refractivity contribution in [1.82, 2.24) is 0 Å². The van der Waals surface area contributed by atoms with Crippen LogP contribution in [0.3, 0.4) is 0 Å². The van der Waals surface area contributed by atoms with Crippen molar-refractivity contribution in [3.63, 3.8) is 0 Å². The highest BCUT2D eigenvalue weighted by Crippen LogP contribution is 2.02. The summed E-state index contributed by atoms with van der Waals surface area (Å²) in [7, 11) is 0. The molecular weight excluding hydrogens is 196 g/mol. The molecule has 0 bridgehead atoms. The molecule has 0 saturated heterocycles. The van der Waals surface area contributed by atoms with Crippen LogP contribution in [0.2, 0.25) is 0 Å². The topological polar surface area (TPSA) is 75.3 Å². The maximum absolute atomic E-state index is 8.28. The first-order valence-electron chi connectivity index (χ1n) is 4.83. The van der Waals surface area contributed by atoms with Gasteiger partial charge in [0.1, 0.15) is 0 Å². The summed E-state index contributed by atoms with van der Waals surface area (Å²) in [6.07, 6.45) is -0.125. The summed E-state index contributed by atoms with van der Waals surface area (Å²) in [4.78, 5) is 0. The van der Waals surface area contributed by atoms with E-state index in [4.69, 9.17) is 24.7 Å². The molecule has 0 aliphatic carbocycles. The smallest absolute Gasteiger partial charge is 0.157 e. The Bertz CT molecular complexity index is 208. The average molecular weight is 212 g/mol. The number of hydrogen-bond acceptors (Lipinski definition) is 5. The van der Waals surface area contributed by atoms with E-state index in [1.165, 1.54) is 0 Å². The van der Waals surface area contributed by atoms with Crippen LogP contribution in [0.1, 0.15) is 26.7 Å². The summed E-state index contributed by atoms with van der Waals surface area (Å²) in [6.45, 7) is 4.17. The number of nitriles is 2. The van der Waals surface area contributed by atoms with Crippen LogP contribution in [0.4, 0.5) is 0 Å². The van der Waals surface area contributed by atoms with Gasteiger partial charge in [-0.3, -0.25) is 0 Å². The second-order valence-electron chi connectivity index (χ2n) is 2.83. The lowest BCUT2D eigenvalue weighted by Crippen LogP contribution is -2.22. The van der Waals surface area contributed by atoms with Gasteiger partial charge in [0.2, 0.25) is 0 Å². The fourth-order valence-corrected chi connectivity index (χ4v) is 0.890. The first-order chi connectivity index (χ1) is 7.20. The summed E-state index contributed by atoms with van der Waals surface area (Å²) in [5.74, 6) is 0. The van der Waals surface area contributed by atoms with Gasteiger partial charge in [0, 0.05) is 0 Å². The zero-order valence-corrected chi connectivity index (χ0v) is 9.10. The monoisotopic (exact) mass is 212 g/mol.